The lowest BCUT2D eigenvalue weighted by molar-refractivity contribution is -0.134. The van der Waals surface area contributed by atoms with Crippen LogP contribution in [-0.4, -0.2) is 22.4 Å². The van der Waals surface area contributed by atoms with Gasteiger partial charge in [0.2, 0.25) is 0 Å². The van der Waals surface area contributed by atoms with Crippen molar-refractivity contribution in [3.8, 4) is 0 Å². The predicted octanol–water partition coefficient (Wildman–Crippen LogP) is 1.32. The Kier molecular flexibility index (Phi) is 3.82. The molecule has 0 amide bonds. The molecule has 0 saturated carbocycles. The normalized spacial score (nSPS) is 9.86. The average molecular weight is 262 g/mol. The van der Waals surface area contributed by atoms with Crippen LogP contribution < -0.4 is 0 Å². The number of hydrogen-bond donors (Lipinski definition) is 0. The van der Waals surface area contributed by atoms with Crippen molar-refractivity contribution < 1.29 is 18.8 Å². The van der Waals surface area contributed by atoms with Gasteiger partial charge in [0.1, 0.15) is 11.6 Å². The van der Waals surface area contributed by atoms with Crippen molar-refractivity contribution in [2.75, 3.05) is 5.33 Å². The maximum absolute atomic E-state index is 11.3. The second-order valence-corrected chi connectivity index (χ2v) is 3.00. The summed E-state index contributed by atoms with van der Waals surface area (Å²) in [7, 11) is 0. The Morgan fingerprint density at radius 1 is 1.64 bits per heavy atom. The SMILES string of the molecule is CCc1conc1C(=O)OC(=O)CBr. The van der Waals surface area contributed by atoms with Crippen LogP contribution in [-0.2, 0) is 16.0 Å². The summed E-state index contributed by atoms with van der Waals surface area (Å²) in [5.41, 5.74) is 0.680. The Morgan fingerprint density at radius 3 is 2.93 bits per heavy atom. The van der Waals surface area contributed by atoms with Gasteiger partial charge in [0.15, 0.2) is 5.69 Å². The second-order valence-electron chi connectivity index (χ2n) is 2.44. The minimum Gasteiger partial charge on any atom is -0.388 e. The van der Waals surface area contributed by atoms with Gasteiger partial charge >= 0.3 is 11.9 Å². The molecule has 0 aliphatic rings. The molecule has 0 unspecified atom stereocenters. The summed E-state index contributed by atoms with van der Waals surface area (Å²) >= 11 is 2.87. The summed E-state index contributed by atoms with van der Waals surface area (Å²) in [5, 5.41) is 3.43. The maximum Gasteiger partial charge on any atom is 0.368 e. The Morgan fingerprint density at radius 2 is 2.36 bits per heavy atom. The number of aryl methyl sites for hydroxylation is 1. The zero-order valence-corrected chi connectivity index (χ0v) is 9.04. The van der Waals surface area contributed by atoms with Gasteiger partial charge in [0.25, 0.3) is 0 Å². The highest BCUT2D eigenvalue weighted by Gasteiger charge is 2.19. The molecule has 0 fully saturated rings. The van der Waals surface area contributed by atoms with E-state index in [1.165, 1.54) is 6.26 Å². The molecular weight excluding hydrogens is 254 g/mol. The number of carbonyl (C=O) groups excluding carboxylic acids is 2. The zero-order valence-electron chi connectivity index (χ0n) is 7.45. The topological polar surface area (TPSA) is 69.4 Å². The number of ether oxygens (including phenoxy) is 1. The van der Waals surface area contributed by atoms with Gasteiger partial charge < -0.3 is 9.26 Å². The number of alkyl halides is 1. The van der Waals surface area contributed by atoms with Crippen molar-refractivity contribution >= 4 is 27.9 Å². The van der Waals surface area contributed by atoms with Crippen LogP contribution in [0.3, 0.4) is 0 Å². The summed E-state index contributed by atoms with van der Waals surface area (Å²) in [5.74, 6) is -1.43. The van der Waals surface area contributed by atoms with Gasteiger partial charge in [-0.05, 0) is 6.42 Å². The molecule has 5 nitrogen and oxygen atoms in total. The van der Waals surface area contributed by atoms with E-state index in [1.807, 2.05) is 6.92 Å². The Hall–Kier alpha value is -1.17. The van der Waals surface area contributed by atoms with Crippen molar-refractivity contribution in [3.63, 3.8) is 0 Å². The van der Waals surface area contributed by atoms with Crippen LogP contribution >= 0.6 is 15.9 Å². The highest BCUT2D eigenvalue weighted by Crippen LogP contribution is 2.09. The fourth-order valence-corrected chi connectivity index (χ4v) is 0.970. The number of nitrogens with zero attached hydrogens (tertiary/aromatic N) is 1. The van der Waals surface area contributed by atoms with Crippen molar-refractivity contribution in [3.05, 3.63) is 17.5 Å². The van der Waals surface area contributed by atoms with E-state index in [0.29, 0.717) is 12.0 Å². The minimum absolute atomic E-state index is 0.0297. The van der Waals surface area contributed by atoms with E-state index in [-0.39, 0.29) is 11.0 Å². The summed E-state index contributed by atoms with van der Waals surface area (Å²) in [6, 6.07) is 0. The zero-order chi connectivity index (χ0) is 10.6. The molecule has 0 aliphatic heterocycles. The summed E-state index contributed by atoms with van der Waals surface area (Å²) in [6.45, 7) is 1.84. The molecule has 0 radical (unpaired) electrons. The van der Waals surface area contributed by atoms with E-state index in [9.17, 15) is 9.59 Å². The third-order valence-electron chi connectivity index (χ3n) is 1.53. The van der Waals surface area contributed by atoms with Crippen molar-refractivity contribution in [1.82, 2.24) is 5.16 Å². The third kappa shape index (κ3) is 2.41. The first-order chi connectivity index (χ1) is 6.69. The Labute approximate surface area is 88.5 Å². The van der Waals surface area contributed by atoms with Crippen LogP contribution in [0.25, 0.3) is 0 Å². The highest BCUT2D eigenvalue weighted by atomic mass is 79.9. The summed E-state index contributed by atoms with van der Waals surface area (Å²) in [4.78, 5) is 22.0. The van der Waals surface area contributed by atoms with E-state index < -0.39 is 11.9 Å². The monoisotopic (exact) mass is 261 g/mol. The standard InChI is InChI=1S/C8H8BrNO4/c1-2-5-4-13-10-7(5)8(12)14-6(11)3-9/h4H,2-3H2,1H3. The number of hydrogen-bond acceptors (Lipinski definition) is 5. The van der Waals surface area contributed by atoms with Gasteiger partial charge in [-0.3, -0.25) is 4.79 Å². The van der Waals surface area contributed by atoms with Crippen molar-refractivity contribution in [2.45, 2.75) is 13.3 Å². The molecule has 1 heterocycles. The molecule has 76 valence electrons. The molecule has 1 aromatic heterocycles. The van der Waals surface area contributed by atoms with Crippen LogP contribution in [0, 0.1) is 0 Å². The van der Waals surface area contributed by atoms with Crippen LogP contribution in [0.2, 0.25) is 0 Å². The molecule has 1 rings (SSSR count). The van der Waals surface area contributed by atoms with Gasteiger partial charge in [0, 0.05) is 5.56 Å². The van der Waals surface area contributed by atoms with E-state index >= 15 is 0 Å². The van der Waals surface area contributed by atoms with Gasteiger partial charge in [-0.2, -0.15) is 0 Å². The smallest absolute Gasteiger partial charge is 0.368 e. The molecule has 0 aliphatic carbocycles. The van der Waals surface area contributed by atoms with E-state index in [4.69, 9.17) is 0 Å². The van der Waals surface area contributed by atoms with Crippen LogP contribution in [0.15, 0.2) is 10.8 Å². The summed E-state index contributed by atoms with van der Waals surface area (Å²) in [6.07, 6.45) is 1.95. The first kappa shape index (κ1) is 10.9. The number of carbonyl (C=O) groups is 2. The first-order valence-corrected chi connectivity index (χ1v) is 5.05. The van der Waals surface area contributed by atoms with Gasteiger partial charge in [0.05, 0.1) is 0 Å². The second kappa shape index (κ2) is 4.90. The van der Waals surface area contributed by atoms with Gasteiger partial charge in [-0.15, -0.1) is 0 Å². The minimum atomic E-state index is -0.778. The van der Waals surface area contributed by atoms with Crippen molar-refractivity contribution in [1.29, 1.82) is 0 Å². The fraction of sp³-hybridized carbons (Fsp3) is 0.375. The molecule has 0 atom stereocenters. The molecule has 6 heteroatoms. The molecule has 0 saturated heterocycles. The van der Waals surface area contributed by atoms with Crippen LogP contribution in [0.5, 0.6) is 0 Å². The molecule has 0 N–H and O–H groups in total. The van der Waals surface area contributed by atoms with Gasteiger partial charge in [-0.1, -0.05) is 28.0 Å². The van der Waals surface area contributed by atoms with Crippen LogP contribution in [0.4, 0.5) is 0 Å². The van der Waals surface area contributed by atoms with E-state index in [0.717, 1.165) is 0 Å². The molecule has 1 aromatic rings. The molecule has 0 aromatic carbocycles. The number of rotatable bonds is 3. The lowest BCUT2D eigenvalue weighted by Gasteiger charge is -1.97. The number of halogens is 1. The molecule has 0 bridgehead atoms. The summed E-state index contributed by atoms with van der Waals surface area (Å²) < 4.78 is 9.04. The average Bonchev–Trinajstić information content (AvgIpc) is 2.65. The highest BCUT2D eigenvalue weighted by molar-refractivity contribution is 9.09. The Bertz CT molecular complexity index is 347. The van der Waals surface area contributed by atoms with E-state index in [1.54, 1.807) is 0 Å². The van der Waals surface area contributed by atoms with Crippen molar-refractivity contribution in [2.24, 2.45) is 0 Å². The predicted molar refractivity (Wildman–Crippen MR) is 50.1 cm³/mol. The maximum atomic E-state index is 11.3. The lowest BCUT2D eigenvalue weighted by atomic mass is 10.2. The number of esters is 2. The third-order valence-corrected chi connectivity index (χ3v) is 1.99. The molecule has 14 heavy (non-hydrogen) atoms. The molecular formula is C8H8BrNO4. The number of aromatic nitrogens is 1. The lowest BCUT2D eigenvalue weighted by Crippen LogP contribution is -2.14. The van der Waals surface area contributed by atoms with Gasteiger partial charge in [-0.25, -0.2) is 4.79 Å². The Balaban J connectivity index is 2.74. The first-order valence-electron chi connectivity index (χ1n) is 3.93. The largest absolute Gasteiger partial charge is 0.388 e. The quantitative estimate of drug-likeness (QED) is 0.466. The van der Waals surface area contributed by atoms with Crippen LogP contribution in [0.1, 0.15) is 23.0 Å². The van der Waals surface area contributed by atoms with E-state index in [2.05, 4.69) is 30.3 Å². The fourth-order valence-electron chi connectivity index (χ4n) is 0.855. The molecule has 0 spiro atoms.